The quantitative estimate of drug-likeness (QED) is 0.535. The summed E-state index contributed by atoms with van der Waals surface area (Å²) in [5, 5.41) is 9.86. The van der Waals surface area contributed by atoms with Crippen molar-refractivity contribution in [2.24, 2.45) is 0 Å². The van der Waals surface area contributed by atoms with Crippen molar-refractivity contribution >= 4 is 40.7 Å². The van der Waals surface area contributed by atoms with Crippen LogP contribution < -0.4 is 10.5 Å². The molecular formula is C26H23Cl2N5O3. The molecule has 0 spiro atoms. The van der Waals surface area contributed by atoms with Gasteiger partial charge in [-0.2, -0.15) is 5.26 Å². The Bertz CT molecular complexity index is 1360. The number of carbonyl (C=O) groups excluding carboxylic acids is 2. The first-order chi connectivity index (χ1) is 17.2. The minimum atomic E-state index is -0.373. The lowest BCUT2D eigenvalue weighted by atomic mass is 9.93. The Morgan fingerprint density at radius 1 is 1.11 bits per heavy atom. The zero-order chi connectivity index (χ0) is 26.0. The molecule has 2 amide bonds. The van der Waals surface area contributed by atoms with Gasteiger partial charge in [0.25, 0.3) is 11.8 Å². The van der Waals surface area contributed by atoms with E-state index < -0.39 is 0 Å². The highest BCUT2D eigenvalue weighted by Gasteiger charge is 2.41. The number of halogens is 2. The van der Waals surface area contributed by atoms with Crippen LogP contribution in [0.2, 0.25) is 10.0 Å². The van der Waals surface area contributed by atoms with Crippen molar-refractivity contribution in [3.63, 3.8) is 0 Å². The molecule has 1 aliphatic heterocycles. The average Bonchev–Trinajstić information content (AvgIpc) is 3.35. The molecule has 0 unspecified atom stereocenters. The minimum Gasteiger partial charge on any atom is -0.480 e. The second kappa shape index (κ2) is 10.4. The van der Waals surface area contributed by atoms with E-state index in [1.807, 2.05) is 12.1 Å². The molecule has 36 heavy (non-hydrogen) atoms. The summed E-state index contributed by atoms with van der Waals surface area (Å²) in [5.74, 6) is -0.595. The molecule has 2 N–H and O–H groups in total. The van der Waals surface area contributed by atoms with Crippen LogP contribution >= 0.6 is 23.2 Å². The van der Waals surface area contributed by atoms with Gasteiger partial charge in [-0.3, -0.25) is 9.59 Å². The van der Waals surface area contributed by atoms with Gasteiger partial charge in [0.2, 0.25) is 5.88 Å². The summed E-state index contributed by atoms with van der Waals surface area (Å²) in [5.41, 5.74) is 8.13. The van der Waals surface area contributed by atoms with Crippen LogP contribution in [0.3, 0.4) is 0 Å². The Hall–Kier alpha value is -3.80. The lowest BCUT2D eigenvalue weighted by Crippen LogP contribution is -2.42. The number of hydrogen-bond donors (Lipinski definition) is 1. The van der Waals surface area contributed by atoms with Gasteiger partial charge in [0.15, 0.2) is 0 Å². The predicted molar refractivity (Wildman–Crippen MR) is 137 cm³/mol. The third kappa shape index (κ3) is 4.94. The molecule has 4 rings (SSSR count). The fraction of sp³-hybridized carbons (Fsp3) is 0.231. The van der Waals surface area contributed by atoms with Crippen LogP contribution in [0.4, 0.5) is 5.69 Å². The normalized spacial score (nSPS) is 16.9. The van der Waals surface area contributed by atoms with Gasteiger partial charge >= 0.3 is 0 Å². The molecule has 3 aromatic rings. The number of nitrogens with zero attached hydrogens (tertiary/aromatic N) is 4. The van der Waals surface area contributed by atoms with E-state index in [1.165, 1.54) is 7.11 Å². The fourth-order valence-corrected chi connectivity index (χ4v) is 4.66. The molecule has 1 fully saturated rings. The number of likely N-dealkylation sites (N-methyl/N-ethyl adjacent to an activating group) is 1. The van der Waals surface area contributed by atoms with E-state index in [4.69, 9.17) is 38.9 Å². The molecule has 0 radical (unpaired) electrons. The van der Waals surface area contributed by atoms with Crippen LogP contribution in [0.5, 0.6) is 5.88 Å². The number of anilines is 1. The number of nitrogens with two attached hydrogens (primary N) is 1. The van der Waals surface area contributed by atoms with Gasteiger partial charge < -0.3 is 20.3 Å². The zero-order valence-corrected chi connectivity index (χ0v) is 21.1. The smallest absolute Gasteiger partial charge is 0.272 e. The molecule has 2 aromatic carbocycles. The van der Waals surface area contributed by atoms with E-state index in [1.54, 1.807) is 65.4 Å². The summed E-state index contributed by atoms with van der Waals surface area (Å²) in [6.45, 7) is 0.648. The van der Waals surface area contributed by atoms with Crippen LogP contribution in [-0.4, -0.2) is 59.9 Å². The molecule has 0 aliphatic carbocycles. The molecule has 1 saturated heterocycles. The first-order valence-corrected chi connectivity index (χ1v) is 11.8. The third-order valence-corrected chi connectivity index (χ3v) is 7.07. The highest BCUT2D eigenvalue weighted by atomic mass is 35.5. The number of pyridine rings is 1. The highest BCUT2D eigenvalue weighted by molar-refractivity contribution is 6.42. The molecule has 10 heteroatoms. The Kier molecular flexibility index (Phi) is 7.34. The standard InChI is InChI=1S/C26H23Cl2N5O3/c1-32(26(35)22-10-9-21(30)24(31-22)36-2)23-14-33(25(34)16-5-3-15(12-29)4-6-16)13-18(23)17-7-8-19(27)20(28)11-17/h3-11,18,23H,13-14,30H2,1-2H3/t18-,23+/m0/s1. The number of ether oxygens (including phenoxy) is 1. The highest BCUT2D eigenvalue weighted by Crippen LogP contribution is 2.35. The molecule has 2 heterocycles. The van der Waals surface area contributed by atoms with E-state index in [-0.39, 0.29) is 41.9 Å². The number of aromatic nitrogens is 1. The first-order valence-electron chi connectivity index (χ1n) is 11.1. The third-order valence-electron chi connectivity index (χ3n) is 6.33. The molecule has 0 bridgehead atoms. The Morgan fingerprint density at radius 3 is 2.47 bits per heavy atom. The Labute approximate surface area is 218 Å². The van der Waals surface area contributed by atoms with Crippen LogP contribution in [0.25, 0.3) is 0 Å². The maximum absolute atomic E-state index is 13.4. The maximum Gasteiger partial charge on any atom is 0.272 e. The van der Waals surface area contributed by atoms with E-state index in [2.05, 4.69) is 4.98 Å². The number of nitriles is 1. The number of rotatable bonds is 5. The van der Waals surface area contributed by atoms with E-state index in [9.17, 15) is 9.59 Å². The lowest BCUT2D eigenvalue weighted by molar-refractivity contribution is 0.0691. The van der Waals surface area contributed by atoms with Gasteiger partial charge in [0.1, 0.15) is 5.69 Å². The zero-order valence-electron chi connectivity index (χ0n) is 19.6. The number of methoxy groups -OCH3 is 1. The molecule has 8 nitrogen and oxygen atoms in total. The summed E-state index contributed by atoms with van der Waals surface area (Å²) in [4.78, 5) is 34.3. The van der Waals surface area contributed by atoms with Crippen LogP contribution in [-0.2, 0) is 0 Å². The summed E-state index contributed by atoms with van der Waals surface area (Å²) < 4.78 is 5.16. The number of amides is 2. The largest absolute Gasteiger partial charge is 0.480 e. The lowest BCUT2D eigenvalue weighted by Gasteiger charge is -2.29. The minimum absolute atomic E-state index is 0.166. The summed E-state index contributed by atoms with van der Waals surface area (Å²) in [6.07, 6.45) is 0. The van der Waals surface area contributed by atoms with Gasteiger partial charge in [0, 0.05) is 31.6 Å². The second-order valence-electron chi connectivity index (χ2n) is 8.46. The van der Waals surface area contributed by atoms with Gasteiger partial charge in [-0.05, 0) is 54.1 Å². The van der Waals surface area contributed by atoms with Crippen molar-refractivity contribution in [1.82, 2.24) is 14.8 Å². The number of nitrogen functional groups attached to an aromatic ring is 1. The van der Waals surface area contributed by atoms with Crippen molar-refractivity contribution < 1.29 is 14.3 Å². The number of carbonyl (C=O) groups is 2. The van der Waals surface area contributed by atoms with Gasteiger partial charge in [-0.15, -0.1) is 0 Å². The summed E-state index contributed by atoms with van der Waals surface area (Å²) >= 11 is 12.4. The van der Waals surface area contributed by atoms with Crippen LogP contribution in [0, 0.1) is 11.3 Å². The van der Waals surface area contributed by atoms with Gasteiger partial charge in [0.05, 0.1) is 40.5 Å². The SMILES string of the molecule is COc1nc(C(=O)N(C)[C@@H]2CN(C(=O)c3ccc(C#N)cc3)C[C@H]2c2ccc(Cl)c(Cl)c2)ccc1N. The van der Waals surface area contributed by atoms with Crippen molar-refractivity contribution in [3.8, 4) is 11.9 Å². The van der Waals surface area contributed by atoms with Crippen LogP contribution in [0.1, 0.15) is 37.9 Å². The van der Waals surface area contributed by atoms with Crippen molar-refractivity contribution in [3.05, 3.63) is 87.0 Å². The Balaban J connectivity index is 1.66. The van der Waals surface area contributed by atoms with Crippen molar-refractivity contribution in [2.75, 3.05) is 33.0 Å². The van der Waals surface area contributed by atoms with E-state index >= 15 is 0 Å². The monoisotopic (exact) mass is 523 g/mol. The molecular weight excluding hydrogens is 501 g/mol. The van der Waals surface area contributed by atoms with E-state index in [0.717, 1.165) is 5.56 Å². The first kappa shape index (κ1) is 25.3. The topological polar surface area (TPSA) is 113 Å². The molecule has 1 aliphatic rings. The van der Waals surface area contributed by atoms with E-state index in [0.29, 0.717) is 33.4 Å². The summed E-state index contributed by atoms with van der Waals surface area (Å²) in [7, 11) is 3.11. The van der Waals surface area contributed by atoms with Crippen molar-refractivity contribution in [2.45, 2.75) is 12.0 Å². The molecule has 1 aromatic heterocycles. The number of hydrogen-bond acceptors (Lipinski definition) is 6. The fourth-order valence-electron chi connectivity index (χ4n) is 4.35. The number of likely N-dealkylation sites (tertiary alicyclic amines) is 1. The molecule has 2 atom stereocenters. The second-order valence-corrected chi connectivity index (χ2v) is 9.27. The molecule has 0 saturated carbocycles. The van der Waals surface area contributed by atoms with Crippen LogP contribution in [0.15, 0.2) is 54.6 Å². The summed E-state index contributed by atoms with van der Waals surface area (Å²) in [6, 6.07) is 16.6. The number of benzene rings is 2. The average molecular weight is 524 g/mol. The van der Waals surface area contributed by atoms with Gasteiger partial charge in [-0.25, -0.2) is 4.98 Å². The predicted octanol–water partition coefficient (Wildman–Crippen LogP) is 4.23. The molecule has 184 valence electrons. The maximum atomic E-state index is 13.4. The van der Waals surface area contributed by atoms with Crippen molar-refractivity contribution in [1.29, 1.82) is 5.26 Å². The Morgan fingerprint density at radius 2 is 1.83 bits per heavy atom. The van der Waals surface area contributed by atoms with Gasteiger partial charge in [-0.1, -0.05) is 29.3 Å².